The zero-order valence-electron chi connectivity index (χ0n) is 10.2. The third-order valence-electron chi connectivity index (χ3n) is 0. The van der Waals surface area contributed by atoms with Gasteiger partial charge in [-0.05, 0) is 34.6 Å². The van der Waals surface area contributed by atoms with Gasteiger partial charge in [0.05, 0.1) is 0 Å². The Balaban J connectivity index is -0.0000000369. The first-order valence-corrected chi connectivity index (χ1v) is 3.93. The summed E-state index contributed by atoms with van der Waals surface area (Å²) in [6.07, 6.45) is 0. The first-order chi connectivity index (χ1) is 6.93. The molecule has 0 aliphatic rings. The molecule has 0 aromatic heterocycles. The van der Waals surface area contributed by atoms with Gasteiger partial charge in [0.1, 0.15) is 5.78 Å². The third-order valence-corrected chi connectivity index (χ3v) is 0. The van der Waals surface area contributed by atoms with Crippen molar-refractivity contribution in [2.24, 2.45) is 0 Å². The molecule has 0 amide bonds. The van der Waals surface area contributed by atoms with Crippen LogP contribution in [0.3, 0.4) is 0 Å². The predicted molar refractivity (Wildman–Crippen MR) is 48.4 cm³/mol. The number of carboxylic acid groups (broad SMARTS) is 3. The molecule has 0 atom stereocenters. The van der Waals surface area contributed by atoms with Gasteiger partial charge in [0.15, 0.2) is 0 Å². The van der Waals surface area contributed by atoms with Crippen LogP contribution in [0.1, 0.15) is 34.6 Å². The van der Waals surface area contributed by atoms with Crippen molar-refractivity contribution in [3.8, 4) is 0 Å². The molecule has 0 fully saturated rings. The molecule has 0 N–H and O–H groups in total. The van der Waals surface area contributed by atoms with Gasteiger partial charge < -0.3 is 34.5 Å². The molecular weight excluding hydrogens is 412 g/mol. The van der Waals surface area contributed by atoms with Gasteiger partial charge in [-0.3, -0.25) is 0 Å². The van der Waals surface area contributed by atoms with E-state index in [-0.39, 0.29) is 25.9 Å². The summed E-state index contributed by atoms with van der Waals surface area (Å²) in [5.41, 5.74) is 0. The monoisotopic (exact) mass is 428 g/mol. The Morgan fingerprint density at radius 3 is 0.588 bits per heavy atom. The summed E-state index contributed by atoms with van der Waals surface area (Å²) < 4.78 is 0. The number of carboxylic acids is 3. The summed E-state index contributed by atoms with van der Waals surface area (Å²) in [6.45, 7) is 5.97. The van der Waals surface area contributed by atoms with E-state index < -0.39 is 17.9 Å². The smallest absolute Gasteiger partial charge is 0.550 e. The van der Waals surface area contributed by atoms with Crippen molar-refractivity contribution in [2.45, 2.75) is 34.6 Å². The molecule has 7 nitrogen and oxygen atoms in total. The van der Waals surface area contributed by atoms with E-state index in [4.69, 9.17) is 29.7 Å². The van der Waals surface area contributed by atoms with Crippen LogP contribution in [0.15, 0.2) is 0 Å². The Hall–Kier alpha value is -1.27. The van der Waals surface area contributed by atoms with Crippen molar-refractivity contribution < 1.29 is 54.6 Å². The molecule has 0 aromatic rings. The SMILES string of the molecule is CC(=O)[O-].CC(=O)[O-].CC(=O)[O-].CC(C)=O.[Ir+3]. The van der Waals surface area contributed by atoms with E-state index in [1.165, 1.54) is 13.8 Å². The van der Waals surface area contributed by atoms with Gasteiger partial charge in [-0.25, -0.2) is 0 Å². The summed E-state index contributed by atoms with van der Waals surface area (Å²) in [6, 6.07) is 0. The van der Waals surface area contributed by atoms with Crippen LogP contribution in [0, 0.1) is 0 Å². The van der Waals surface area contributed by atoms with Gasteiger partial charge in [-0.1, -0.05) is 0 Å². The first-order valence-electron chi connectivity index (χ1n) is 3.93. The number of Topliss-reactive ketones (excluding diaryl/α,β-unsaturated/α-hetero) is 1. The van der Waals surface area contributed by atoms with E-state index in [0.717, 1.165) is 20.8 Å². The number of carbonyl (C=O) groups excluding carboxylic acids is 4. The van der Waals surface area contributed by atoms with Crippen molar-refractivity contribution in [2.75, 3.05) is 0 Å². The summed E-state index contributed by atoms with van der Waals surface area (Å²) in [7, 11) is 0. The number of hydrogen-bond donors (Lipinski definition) is 0. The van der Waals surface area contributed by atoms with E-state index >= 15 is 0 Å². The topological polar surface area (TPSA) is 137 Å². The van der Waals surface area contributed by atoms with Crippen LogP contribution in [0.4, 0.5) is 0 Å². The number of hydrogen-bond acceptors (Lipinski definition) is 7. The number of carbonyl (C=O) groups is 4. The van der Waals surface area contributed by atoms with Gasteiger partial charge in [-0.2, -0.15) is 0 Å². The maximum Gasteiger partial charge on any atom is 3.00 e. The standard InChI is InChI=1S/C3H6O.3C2H4O2.Ir/c1-3(2)4;3*1-2(3)4;/h1-2H3;3*1H3,(H,3,4);/q;;;;+3/p-3. The van der Waals surface area contributed by atoms with Crippen molar-refractivity contribution in [3.63, 3.8) is 0 Å². The molecule has 0 radical (unpaired) electrons. The summed E-state index contributed by atoms with van der Waals surface area (Å²) in [5, 5.41) is 26.7. The van der Waals surface area contributed by atoms with Gasteiger partial charge in [0, 0.05) is 17.9 Å². The first kappa shape index (κ1) is 29.6. The van der Waals surface area contributed by atoms with E-state index in [1.54, 1.807) is 0 Å². The molecule has 0 aromatic carbocycles. The third kappa shape index (κ3) is 1480. The molecule has 0 unspecified atom stereocenters. The van der Waals surface area contributed by atoms with Crippen molar-refractivity contribution >= 4 is 23.7 Å². The normalized spacial score (nSPS) is 5.94. The maximum absolute atomic E-state index is 9.44. The number of ketones is 1. The Bertz CT molecular complexity index is 161. The summed E-state index contributed by atoms with van der Waals surface area (Å²) >= 11 is 0. The maximum atomic E-state index is 9.44. The van der Waals surface area contributed by atoms with Crippen LogP contribution in [0.25, 0.3) is 0 Å². The molecule has 0 aliphatic heterocycles. The van der Waals surface area contributed by atoms with E-state index in [9.17, 15) is 4.79 Å². The molecule has 0 saturated carbocycles. The molecule has 0 bridgehead atoms. The second-order valence-electron chi connectivity index (χ2n) is 2.38. The zero-order valence-corrected chi connectivity index (χ0v) is 12.6. The Morgan fingerprint density at radius 1 is 0.588 bits per heavy atom. The fraction of sp³-hybridized carbons (Fsp3) is 0.556. The molecular formula is C9H15IrO7. The number of aliphatic carboxylic acids is 3. The number of rotatable bonds is 0. The van der Waals surface area contributed by atoms with Crippen LogP contribution in [0.2, 0.25) is 0 Å². The Labute approximate surface area is 113 Å². The van der Waals surface area contributed by atoms with E-state index in [0.29, 0.717) is 0 Å². The Kier molecular flexibility index (Phi) is 42.1. The average molecular weight is 427 g/mol. The van der Waals surface area contributed by atoms with Gasteiger partial charge in [-0.15, -0.1) is 0 Å². The molecule has 8 heteroatoms. The largest absolute Gasteiger partial charge is 3.00 e. The van der Waals surface area contributed by atoms with Crippen molar-refractivity contribution in [3.05, 3.63) is 0 Å². The molecule has 0 rings (SSSR count). The van der Waals surface area contributed by atoms with Gasteiger partial charge >= 0.3 is 20.1 Å². The fourth-order valence-electron chi connectivity index (χ4n) is 0. The second-order valence-corrected chi connectivity index (χ2v) is 2.38. The van der Waals surface area contributed by atoms with Crippen LogP contribution in [-0.4, -0.2) is 23.7 Å². The van der Waals surface area contributed by atoms with Crippen LogP contribution >= 0.6 is 0 Å². The molecule has 0 spiro atoms. The summed E-state index contributed by atoms with van der Waals surface area (Å²) in [5.74, 6) is -3.08. The van der Waals surface area contributed by atoms with E-state index in [2.05, 4.69) is 0 Å². The minimum absolute atomic E-state index is 0. The molecule has 17 heavy (non-hydrogen) atoms. The predicted octanol–water partition coefficient (Wildman–Crippen LogP) is -3.14. The minimum Gasteiger partial charge on any atom is -0.550 e. The summed E-state index contributed by atoms with van der Waals surface area (Å²) in [4.78, 5) is 36.1. The molecule has 0 saturated heterocycles. The van der Waals surface area contributed by atoms with E-state index in [1.807, 2.05) is 0 Å². The quantitative estimate of drug-likeness (QED) is 0.398. The minimum atomic E-state index is -1.08. The molecule has 102 valence electrons. The average Bonchev–Trinajstić information content (AvgIpc) is 1.76. The van der Waals surface area contributed by atoms with Crippen LogP contribution in [-0.2, 0) is 39.3 Å². The molecule has 0 heterocycles. The van der Waals surface area contributed by atoms with Crippen LogP contribution in [0.5, 0.6) is 0 Å². The molecule has 0 aliphatic carbocycles. The van der Waals surface area contributed by atoms with Crippen LogP contribution < -0.4 is 15.3 Å². The van der Waals surface area contributed by atoms with Gasteiger partial charge in [0.2, 0.25) is 0 Å². The Morgan fingerprint density at radius 2 is 0.588 bits per heavy atom. The van der Waals surface area contributed by atoms with Crippen molar-refractivity contribution in [1.82, 2.24) is 0 Å². The second kappa shape index (κ2) is 24.1. The zero-order chi connectivity index (χ0) is 14.3. The fourth-order valence-corrected chi connectivity index (χ4v) is 0. The van der Waals surface area contributed by atoms with Crippen molar-refractivity contribution in [1.29, 1.82) is 0 Å². The van der Waals surface area contributed by atoms with Gasteiger partial charge in [0.25, 0.3) is 0 Å².